The highest BCUT2D eigenvalue weighted by Gasteiger charge is 2.28. The van der Waals surface area contributed by atoms with Gasteiger partial charge in [-0.2, -0.15) is 0 Å². The van der Waals surface area contributed by atoms with E-state index in [0.29, 0.717) is 49.8 Å². The molecule has 154 valence electrons. The van der Waals surface area contributed by atoms with Crippen molar-refractivity contribution < 1.29 is 28.6 Å². The Morgan fingerprint density at radius 1 is 1.11 bits per heavy atom. The molecule has 1 heterocycles. The lowest BCUT2D eigenvalue weighted by atomic mass is 9.97. The third-order valence-electron chi connectivity index (χ3n) is 4.76. The highest BCUT2D eigenvalue weighted by Crippen LogP contribution is 2.19. The van der Waals surface area contributed by atoms with Crippen LogP contribution in [0.1, 0.15) is 43.5 Å². The van der Waals surface area contributed by atoms with Gasteiger partial charge in [-0.05, 0) is 49.4 Å². The van der Waals surface area contributed by atoms with E-state index >= 15 is 0 Å². The molecule has 0 bridgehead atoms. The van der Waals surface area contributed by atoms with Crippen LogP contribution in [0.25, 0.3) is 0 Å². The molecule has 1 saturated heterocycles. The predicted molar refractivity (Wildman–Crippen MR) is 103 cm³/mol. The van der Waals surface area contributed by atoms with Crippen molar-refractivity contribution in [1.29, 1.82) is 0 Å². The molecule has 7 nitrogen and oxygen atoms in total. The molecule has 1 aliphatic heterocycles. The highest BCUT2D eigenvalue weighted by molar-refractivity contribution is 5.91. The summed E-state index contributed by atoms with van der Waals surface area (Å²) in [5.41, 5.74) is 0.369. The van der Waals surface area contributed by atoms with Crippen LogP contribution in [0.3, 0.4) is 0 Å². The van der Waals surface area contributed by atoms with Gasteiger partial charge >= 0.3 is 11.9 Å². The maximum Gasteiger partial charge on any atom is 0.338 e. The van der Waals surface area contributed by atoms with E-state index in [1.165, 1.54) is 7.11 Å². The molecular weight excluding hydrogens is 362 g/mol. The zero-order chi connectivity index (χ0) is 20.5. The minimum Gasteiger partial charge on any atom is -0.494 e. The zero-order valence-corrected chi connectivity index (χ0v) is 16.8. The molecule has 1 aliphatic rings. The van der Waals surface area contributed by atoms with Crippen molar-refractivity contribution >= 4 is 17.8 Å². The van der Waals surface area contributed by atoms with Gasteiger partial charge in [0.1, 0.15) is 5.75 Å². The number of benzene rings is 1. The number of carbonyl (C=O) groups is 3. The van der Waals surface area contributed by atoms with Gasteiger partial charge in [0.05, 0.1) is 25.2 Å². The molecule has 2 rings (SSSR count). The molecule has 0 atom stereocenters. The van der Waals surface area contributed by atoms with Gasteiger partial charge in [-0.15, -0.1) is 0 Å². The molecule has 0 spiro atoms. The second kappa shape index (κ2) is 10.7. The first-order valence-corrected chi connectivity index (χ1v) is 9.66. The van der Waals surface area contributed by atoms with Crippen LogP contribution < -0.4 is 4.74 Å². The van der Waals surface area contributed by atoms with Crippen LogP contribution in [0, 0.1) is 11.8 Å². The normalized spacial score (nSPS) is 14.6. The summed E-state index contributed by atoms with van der Waals surface area (Å²) in [7, 11) is 1.36. The third-order valence-corrected chi connectivity index (χ3v) is 4.76. The van der Waals surface area contributed by atoms with Gasteiger partial charge in [0.2, 0.25) is 0 Å². The van der Waals surface area contributed by atoms with E-state index in [-0.39, 0.29) is 24.4 Å². The first-order valence-electron chi connectivity index (χ1n) is 9.66. The Bertz CT molecular complexity index is 662. The summed E-state index contributed by atoms with van der Waals surface area (Å²) in [6.07, 6.45) is 2.08. The lowest BCUT2D eigenvalue weighted by molar-refractivity contribution is -0.149. The molecule has 0 aliphatic carbocycles. The quantitative estimate of drug-likeness (QED) is 0.634. The minimum absolute atomic E-state index is 0.169. The maximum atomic E-state index is 12.2. The van der Waals surface area contributed by atoms with Crippen molar-refractivity contribution in [3.8, 4) is 5.75 Å². The van der Waals surface area contributed by atoms with Crippen molar-refractivity contribution in [3.63, 3.8) is 0 Å². The fraction of sp³-hybridized carbons (Fsp3) is 0.571. The fourth-order valence-corrected chi connectivity index (χ4v) is 2.93. The van der Waals surface area contributed by atoms with Crippen LogP contribution in [0.5, 0.6) is 5.75 Å². The smallest absolute Gasteiger partial charge is 0.338 e. The molecule has 0 aromatic heterocycles. The monoisotopic (exact) mass is 391 g/mol. The number of hydrogen-bond donors (Lipinski definition) is 0. The van der Waals surface area contributed by atoms with Crippen LogP contribution in [-0.4, -0.2) is 56.2 Å². The summed E-state index contributed by atoms with van der Waals surface area (Å²) in [4.78, 5) is 37.5. The average Bonchev–Trinajstić information content (AvgIpc) is 2.71. The van der Waals surface area contributed by atoms with Crippen molar-refractivity contribution in [2.75, 3.05) is 33.4 Å². The highest BCUT2D eigenvalue weighted by atomic mass is 16.5. The van der Waals surface area contributed by atoms with Gasteiger partial charge in [-0.1, -0.05) is 13.8 Å². The molecule has 7 heteroatoms. The maximum absolute atomic E-state index is 12.2. The van der Waals surface area contributed by atoms with Crippen LogP contribution in [0.2, 0.25) is 0 Å². The Kier molecular flexibility index (Phi) is 8.29. The number of likely N-dealkylation sites (tertiary alicyclic amines) is 1. The van der Waals surface area contributed by atoms with E-state index in [1.54, 1.807) is 29.2 Å². The predicted octanol–water partition coefficient (Wildman–Crippen LogP) is 2.68. The fourth-order valence-electron chi connectivity index (χ4n) is 2.93. The van der Waals surface area contributed by atoms with Crippen molar-refractivity contribution in [3.05, 3.63) is 29.8 Å². The van der Waals surface area contributed by atoms with Gasteiger partial charge in [-0.3, -0.25) is 9.59 Å². The van der Waals surface area contributed by atoms with Crippen LogP contribution >= 0.6 is 0 Å². The van der Waals surface area contributed by atoms with E-state index in [1.807, 2.05) is 0 Å². The Morgan fingerprint density at radius 3 is 2.32 bits per heavy atom. The van der Waals surface area contributed by atoms with Gasteiger partial charge in [0.25, 0.3) is 5.91 Å². The van der Waals surface area contributed by atoms with Gasteiger partial charge < -0.3 is 19.1 Å². The molecular formula is C21H29NO6. The van der Waals surface area contributed by atoms with Crippen molar-refractivity contribution in [2.24, 2.45) is 11.8 Å². The van der Waals surface area contributed by atoms with E-state index in [9.17, 15) is 14.4 Å². The van der Waals surface area contributed by atoms with Crippen molar-refractivity contribution in [1.82, 2.24) is 4.90 Å². The summed E-state index contributed by atoms with van der Waals surface area (Å²) in [6, 6.07) is 6.69. The van der Waals surface area contributed by atoms with Gasteiger partial charge in [0.15, 0.2) is 6.61 Å². The number of hydrogen-bond acceptors (Lipinski definition) is 6. The molecule has 1 fully saturated rings. The first kappa shape index (κ1) is 21.7. The number of amides is 1. The Labute approximate surface area is 165 Å². The van der Waals surface area contributed by atoms with E-state index in [0.717, 1.165) is 6.42 Å². The lowest BCUT2D eigenvalue weighted by Gasteiger charge is -2.30. The molecule has 1 amide bonds. The molecule has 0 saturated carbocycles. The summed E-state index contributed by atoms with van der Waals surface area (Å²) in [5.74, 6) is 0.0460. The zero-order valence-electron chi connectivity index (χ0n) is 16.8. The summed E-state index contributed by atoms with van der Waals surface area (Å²) >= 11 is 0. The topological polar surface area (TPSA) is 82.1 Å². The van der Waals surface area contributed by atoms with E-state index < -0.39 is 5.97 Å². The molecule has 28 heavy (non-hydrogen) atoms. The molecule has 1 aromatic carbocycles. The second-order valence-corrected chi connectivity index (χ2v) is 7.31. The SMILES string of the molecule is COC(=O)C1CCN(C(=O)COC(=O)c2ccc(OCCC(C)C)cc2)CC1. The van der Waals surface area contributed by atoms with Crippen molar-refractivity contribution in [2.45, 2.75) is 33.1 Å². The summed E-state index contributed by atoms with van der Waals surface area (Å²) in [5, 5.41) is 0. The summed E-state index contributed by atoms with van der Waals surface area (Å²) < 4.78 is 15.5. The van der Waals surface area contributed by atoms with Crippen LogP contribution in [-0.2, 0) is 19.1 Å². The number of piperidine rings is 1. The molecule has 0 unspecified atom stereocenters. The third kappa shape index (κ3) is 6.55. The van der Waals surface area contributed by atoms with Crippen LogP contribution in [0.15, 0.2) is 24.3 Å². The number of esters is 2. The first-order chi connectivity index (χ1) is 13.4. The molecule has 0 N–H and O–H groups in total. The Balaban J connectivity index is 1.74. The Hall–Kier alpha value is -2.57. The lowest BCUT2D eigenvalue weighted by Crippen LogP contribution is -2.42. The molecule has 0 radical (unpaired) electrons. The number of ether oxygens (including phenoxy) is 3. The van der Waals surface area contributed by atoms with Gasteiger partial charge in [-0.25, -0.2) is 4.79 Å². The largest absolute Gasteiger partial charge is 0.494 e. The molecule has 1 aromatic rings. The standard InChI is InChI=1S/C21H29NO6/c1-15(2)10-13-27-18-6-4-16(5-7-18)21(25)28-14-19(23)22-11-8-17(9-12-22)20(24)26-3/h4-7,15,17H,8-14H2,1-3H3. The van der Waals surface area contributed by atoms with E-state index in [2.05, 4.69) is 13.8 Å². The average molecular weight is 391 g/mol. The van der Waals surface area contributed by atoms with Crippen LogP contribution in [0.4, 0.5) is 0 Å². The number of methoxy groups -OCH3 is 1. The van der Waals surface area contributed by atoms with E-state index in [4.69, 9.17) is 14.2 Å². The minimum atomic E-state index is -0.550. The second-order valence-electron chi connectivity index (χ2n) is 7.31. The number of rotatable bonds is 8. The summed E-state index contributed by atoms with van der Waals surface area (Å²) in [6.45, 7) is 5.49. The number of nitrogens with zero attached hydrogens (tertiary/aromatic N) is 1. The Morgan fingerprint density at radius 2 is 1.75 bits per heavy atom. The van der Waals surface area contributed by atoms with Gasteiger partial charge in [0, 0.05) is 13.1 Å². The number of carbonyl (C=O) groups excluding carboxylic acids is 3.